The smallest absolute Gasteiger partial charge is 0.378 e. The minimum Gasteiger partial charge on any atom is -0.378 e. The fourth-order valence-electron chi connectivity index (χ4n) is 3.83. The fourth-order valence-corrected chi connectivity index (χ4v) is 6.95. The van der Waals surface area contributed by atoms with Crippen molar-refractivity contribution in [3.05, 3.63) is 76.0 Å². The van der Waals surface area contributed by atoms with E-state index in [9.17, 15) is 39.6 Å². The summed E-state index contributed by atoms with van der Waals surface area (Å²) in [4.78, 5) is 13.0. The maximum Gasteiger partial charge on any atom is 0.418 e. The van der Waals surface area contributed by atoms with Crippen molar-refractivity contribution in [3.63, 3.8) is 0 Å². The van der Waals surface area contributed by atoms with Crippen LogP contribution in [-0.4, -0.2) is 45.5 Å². The van der Waals surface area contributed by atoms with E-state index in [0.29, 0.717) is 11.8 Å². The third-order valence-electron chi connectivity index (χ3n) is 5.61. The van der Waals surface area contributed by atoms with Crippen LogP contribution in [0.5, 0.6) is 0 Å². The molecule has 1 aliphatic rings. The molecule has 1 fully saturated rings. The summed E-state index contributed by atoms with van der Waals surface area (Å²) in [5, 5.41) is 2.94. The third kappa shape index (κ3) is 7.19. The van der Waals surface area contributed by atoms with E-state index >= 15 is 0 Å². The summed E-state index contributed by atoms with van der Waals surface area (Å²) in [6.45, 7) is 0.907. The third-order valence-corrected chi connectivity index (χ3v) is 8.88. The highest BCUT2D eigenvalue weighted by Crippen LogP contribution is 2.48. The van der Waals surface area contributed by atoms with Gasteiger partial charge in [-0.05, 0) is 47.4 Å². The summed E-state index contributed by atoms with van der Waals surface area (Å²) in [7, 11) is -3.97. The topological polar surface area (TPSA) is 75.7 Å². The summed E-state index contributed by atoms with van der Waals surface area (Å²) in [6.07, 6.45) is -9.26. The Morgan fingerprint density at radius 1 is 1.00 bits per heavy atom. The molecule has 1 aliphatic heterocycles. The van der Waals surface area contributed by atoms with Crippen molar-refractivity contribution in [2.24, 2.45) is 0 Å². The number of nitrogens with zero attached hydrogens (tertiary/aromatic N) is 1. The number of halogens is 6. The number of carbonyl (C=O) groups excluding carboxylic acids is 1. The predicted octanol–water partition coefficient (Wildman–Crippen LogP) is 6.61. The Hall–Kier alpha value is -3.01. The zero-order valence-electron chi connectivity index (χ0n) is 20.3. The second-order valence-electron chi connectivity index (χ2n) is 8.36. The normalized spacial score (nSPS) is 15.0. The van der Waals surface area contributed by atoms with E-state index in [4.69, 9.17) is 4.74 Å². The van der Waals surface area contributed by atoms with Gasteiger partial charge in [0.25, 0.3) is 10.0 Å². The molecule has 4 rings (SSSR count). The molecule has 2 aromatic carbocycles. The summed E-state index contributed by atoms with van der Waals surface area (Å²) in [5.41, 5.74) is -4.63. The van der Waals surface area contributed by atoms with Crippen molar-refractivity contribution >= 4 is 50.8 Å². The molecule has 3 aromatic rings. The number of hydrogen-bond donors (Lipinski definition) is 1. The van der Waals surface area contributed by atoms with Crippen LogP contribution in [0, 0.1) is 0 Å². The monoisotopic (exact) mass is 622 g/mol. The molecule has 0 spiro atoms. The Labute approximate surface area is 233 Å². The summed E-state index contributed by atoms with van der Waals surface area (Å²) in [5.74, 6) is -0.648. The van der Waals surface area contributed by atoms with Crippen molar-refractivity contribution in [2.75, 3.05) is 31.0 Å². The number of thiophene rings is 1. The molecular weight excluding hydrogens is 602 g/mol. The Morgan fingerprint density at radius 2 is 1.70 bits per heavy atom. The van der Waals surface area contributed by atoms with Gasteiger partial charge in [0.1, 0.15) is 0 Å². The van der Waals surface area contributed by atoms with Crippen LogP contribution in [0.3, 0.4) is 0 Å². The summed E-state index contributed by atoms with van der Waals surface area (Å²) < 4.78 is 117. The van der Waals surface area contributed by atoms with E-state index in [2.05, 4.69) is 4.72 Å². The average molecular weight is 623 g/mol. The molecule has 214 valence electrons. The van der Waals surface area contributed by atoms with E-state index in [1.165, 1.54) is 40.6 Å². The van der Waals surface area contributed by atoms with Gasteiger partial charge in [-0.15, -0.1) is 0 Å². The number of morpholine rings is 1. The Bertz CT molecular complexity index is 1500. The fraction of sp³-hybridized carbons (Fsp3) is 0.240. The molecule has 0 aliphatic carbocycles. The van der Waals surface area contributed by atoms with Crippen molar-refractivity contribution in [1.82, 2.24) is 4.90 Å². The van der Waals surface area contributed by atoms with Gasteiger partial charge in [-0.25, -0.2) is 8.42 Å². The first-order valence-corrected chi connectivity index (χ1v) is 14.7. The second kappa shape index (κ2) is 11.8. The molecule has 0 radical (unpaired) electrons. The number of carbonyl (C=O) groups is 1. The number of nitrogens with one attached hydrogen (secondary N) is 1. The molecule has 1 aromatic heterocycles. The van der Waals surface area contributed by atoms with E-state index in [-0.39, 0.29) is 41.8 Å². The van der Waals surface area contributed by atoms with Gasteiger partial charge < -0.3 is 9.64 Å². The molecule has 0 atom stereocenters. The predicted molar refractivity (Wildman–Crippen MR) is 139 cm³/mol. The van der Waals surface area contributed by atoms with Crippen LogP contribution < -0.4 is 4.72 Å². The molecule has 40 heavy (non-hydrogen) atoms. The first-order chi connectivity index (χ1) is 18.8. The molecule has 0 unspecified atom stereocenters. The van der Waals surface area contributed by atoms with E-state index in [0.717, 1.165) is 35.6 Å². The van der Waals surface area contributed by atoms with Gasteiger partial charge in [-0.1, -0.05) is 23.9 Å². The zero-order valence-corrected chi connectivity index (χ0v) is 22.7. The van der Waals surface area contributed by atoms with E-state index < -0.39 is 49.9 Å². The summed E-state index contributed by atoms with van der Waals surface area (Å²) >= 11 is 1.55. The SMILES string of the molecule is O=C(/C=C/c1ccc(Sc2cccc(NS(=O)(=O)c3ccsc3)c2)c(C(F)(F)F)c1C(F)(F)F)N1CCOCC1. The van der Waals surface area contributed by atoms with Gasteiger partial charge >= 0.3 is 12.4 Å². The van der Waals surface area contributed by atoms with Crippen LogP contribution in [-0.2, 0) is 31.9 Å². The maximum absolute atomic E-state index is 14.2. The zero-order chi connectivity index (χ0) is 29.1. The lowest BCUT2D eigenvalue weighted by Crippen LogP contribution is -2.39. The van der Waals surface area contributed by atoms with Crippen LogP contribution in [0.2, 0.25) is 0 Å². The number of ether oxygens (including phenoxy) is 1. The standard InChI is InChI=1S/C25H20F6N2O4S3/c26-24(27,28)22-16(5-7-21(34)33-9-11-37-12-10-33)4-6-20(23(22)25(29,30)31)39-18-3-1-2-17(14-18)32-40(35,36)19-8-13-38-15-19/h1-8,13-15,32H,9-12H2/b7-5+. The first-order valence-electron chi connectivity index (χ1n) is 11.4. The lowest BCUT2D eigenvalue weighted by Gasteiger charge is -2.25. The van der Waals surface area contributed by atoms with Gasteiger partial charge in [0.15, 0.2) is 0 Å². The highest BCUT2D eigenvalue weighted by Gasteiger charge is 2.46. The van der Waals surface area contributed by atoms with Gasteiger partial charge in [-0.2, -0.15) is 37.7 Å². The lowest BCUT2D eigenvalue weighted by atomic mass is 9.99. The van der Waals surface area contributed by atoms with Gasteiger partial charge in [-0.3, -0.25) is 9.52 Å². The molecule has 6 nitrogen and oxygen atoms in total. The van der Waals surface area contributed by atoms with Gasteiger partial charge in [0, 0.05) is 40.0 Å². The largest absolute Gasteiger partial charge is 0.418 e. The Kier molecular flexibility index (Phi) is 8.87. The Balaban J connectivity index is 1.69. The number of alkyl halides is 6. The highest BCUT2D eigenvalue weighted by molar-refractivity contribution is 7.99. The number of amides is 1. The molecule has 1 amide bonds. The molecule has 2 heterocycles. The van der Waals surface area contributed by atoms with Crippen LogP contribution in [0.15, 0.2) is 74.0 Å². The van der Waals surface area contributed by atoms with Gasteiger partial charge in [0.05, 0.1) is 29.2 Å². The van der Waals surface area contributed by atoms with Crippen LogP contribution >= 0.6 is 23.1 Å². The molecule has 1 N–H and O–H groups in total. The average Bonchev–Trinajstić information content (AvgIpc) is 3.43. The van der Waals surface area contributed by atoms with Crippen molar-refractivity contribution in [1.29, 1.82) is 0 Å². The number of rotatable bonds is 7. The molecule has 0 saturated carbocycles. The minimum absolute atomic E-state index is 0.0134. The second-order valence-corrected chi connectivity index (χ2v) is 11.9. The number of sulfonamides is 1. The Morgan fingerprint density at radius 3 is 2.33 bits per heavy atom. The quantitative estimate of drug-likeness (QED) is 0.237. The maximum atomic E-state index is 14.2. The van der Waals surface area contributed by atoms with Crippen molar-refractivity contribution in [2.45, 2.75) is 27.0 Å². The molecule has 15 heteroatoms. The number of hydrogen-bond acceptors (Lipinski definition) is 6. The minimum atomic E-state index is -5.40. The van der Waals surface area contributed by atoms with Crippen molar-refractivity contribution < 1.29 is 44.3 Å². The van der Waals surface area contributed by atoms with Crippen LogP contribution in [0.4, 0.5) is 32.0 Å². The molecular formula is C25H20F6N2O4S3. The van der Waals surface area contributed by atoms with Crippen molar-refractivity contribution in [3.8, 4) is 0 Å². The van der Waals surface area contributed by atoms with E-state index in [1.54, 1.807) is 5.38 Å². The number of benzene rings is 2. The number of anilines is 1. The first kappa shape index (κ1) is 30.0. The van der Waals surface area contributed by atoms with Crippen LogP contribution in [0.25, 0.3) is 6.08 Å². The van der Waals surface area contributed by atoms with Crippen LogP contribution in [0.1, 0.15) is 16.7 Å². The van der Waals surface area contributed by atoms with E-state index in [1.807, 2.05) is 0 Å². The molecule has 0 bridgehead atoms. The van der Waals surface area contributed by atoms with Gasteiger partial charge in [0.2, 0.25) is 5.91 Å². The highest BCUT2D eigenvalue weighted by atomic mass is 32.2. The summed E-state index contributed by atoms with van der Waals surface area (Å²) in [6, 6.07) is 8.41. The molecule has 1 saturated heterocycles. The lowest BCUT2D eigenvalue weighted by molar-refractivity contribution is -0.163.